The molecule has 1 nitrogen and oxygen atoms in total. The Hall–Kier alpha value is -3.52. The van der Waals surface area contributed by atoms with E-state index < -0.39 is 0 Å². The number of aromatic nitrogens is 1. The van der Waals surface area contributed by atoms with Crippen molar-refractivity contribution in [2.45, 2.75) is 57.8 Å². The minimum atomic E-state index is -0.237. The number of rotatable bonds is 7. The molecule has 1 aromatic heterocycles. The van der Waals surface area contributed by atoms with Crippen LogP contribution in [0.1, 0.15) is 63.5 Å². The highest BCUT2D eigenvalue weighted by molar-refractivity contribution is 6.12. The highest BCUT2D eigenvalue weighted by Crippen LogP contribution is 2.55. The van der Waals surface area contributed by atoms with Crippen molar-refractivity contribution in [3.8, 4) is 22.4 Å². The first-order valence-corrected chi connectivity index (χ1v) is 13.4. The number of hydrogen-bond donors (Lipinski definition) is 0. The van der Waals surface area contributed by atoms with Crippen LogP contribution in [0.15, 0.2) is 85.1 Å². The van der Waals surface area contributed by atoms with Gasteiger partial charge in [0.2, 0.25) is 0 Å². The third-order valence-corrected chi connectivity index (χ3v) is 8.16. The van der Waals surface area contributed by atoms with E-state index in [1.165, 1.54) is 83.0 Å². The molecular formula is C34H32FN. The number of benzene rings is 4. The molecule has 0 N–H and O–H groups in total. The molecule has 0 spiro atoms. The van der Waals surface area contributed by atoms with Gasteiger partial charge in [-0.2, -0.15) is 0 Å². The second-order valence-corrected chi connectivity index (χ2v) is 10.3. The number of fused-ring (bicyclic) bond motifs is 6. The molecule has 0 bridgehead atoms. The van der Waals surface area contributed by atoms with Gasteiger partial charge in [0.25, 0.3) is 0 Å². The van der Waals surface area contributed by atoms with Gasteiger partial charge in [-0.1, -0.05) is 88.1 Å². The van der Waals surface area contributed by atoms with Gasteiger partial charge in [-0.05, 0) is 81.6 Å². The van der Waals surface area contributed by atoms with Crippen LogP contribution in [0, 0.1) is 5.82 Å². The molecule has 2 heteroatoms. The van der Waals surface area contributed by atoms with Gasteiger partial charge < -0.3 is 0 Å². The van der Waals surface area contributed by atoms with E-state index in [4.69, 9.17) is 0 Å². The van der Waals surface area contributed by atoms with Gasteiger partial charge >= 0.3 is 0 Å². The molecule has 4 aromatic carbocycles. The van der Waals surface area contributed by atoms with Crippen molar-refractivity contribution < 1.29 is 4.39 Å². The Kier molecular flexibility index (Phi) is 5.84. The number of unbranched alkanes of at least 4 members (excludes halogenated alkanes) is 2. The zero-order valence-corrected chi connectivity index (χ0v) is 21.2. The van der Waals surface area contributed by atoms with E-state index >= 15 is 0 Å². The zero-order valence-electron chi connectivity index (χ0n) is 21.2. The lowest BCUT2D eigenvalue weighted by molar-refractivity contribution is 0.415. The van der Waals surface area contributed by atoms with Crippen molar-refractivity contribution in [3.63, 3.8) is 0 Å². The Bertz CT molecular complexity index is 1570. The zero-order chi connectivity index (χ0) is 24.7. The van der Waals surface area contributed by atoms with Crippen LogP contribution in [0.5, 0.6) is 0 Å². The third-order valence-electron chi connectivity index (χ3n) is 8.16. The Morgan fingerprint density at radius 2 is 1.50 bits per heavy atom. The Labute approximate surface area is 213 Å². The van der Waals surface area contributed by atoms with Crippen LogP contribution < -0.4 is 0 Å². The normalized spacial score (nSPS) is 13.8. The SMILES string of the molecule is CCCCC1(CCCC)c2ccccc2-c2cc3ccc4c(-c5cccc(F)c5)nccc4c3cc21. The molecule has 1 aliphatic carbocycles. The summed E-state index contributed by atoms with van der Waals surface area (Å²) in [4.78, 5) is 4.67. The van der Waals surface area contributed by atoms with Crippen molar-refractivity contribution in [3.05, 3.63) is 102 Å². The molecule has 0 unspecified atom stereocenters. The molecule has 1 heterocycles. The van der Waals surface area contributed by atoms with Crippen LogP contribution in [0.25, 0.3) is 43.9 Å². The van der Waals surface area contributed by atoms with E-state index in [2.05, 4.69) is 73.4 Å². The quantitative estimate of drug-likeness (QED) is 0.214. The molecular weight excluding hydrogens is 441 g/mol. The van der Waals surface area contributed by atoms with Gasteiger partial charge in [-0.15, -0.1) is 0 Å². The summed E-state index contributed by atoms with van der Waals surface area (Å²) in [6.45, 7) is 4.59. The predicted octanol–water partition coefficient (Wildman–Crippen LogP) is 9.84. The Balaban J connectivity index is 1.63. The van der Waals surface area contributed by atoms with Gasteiger partial charge in [0.1, 0.15) is 5.82 Å². The Morgan fingerprint density at radius 3 is 2.28 bits per heavy atom. The summed E-state index contributed by atoms with van der Waals surface area (Å²) in [6.07, 6.45) is 9.07. The van der Waals surface area contributed by atoms with Gasteiger partial charge in [0.05, 0.1) is 5.69 Å². The molecule has 36 heavy (non-hydrogen) atoms. The monoisotopic (exact) mass is 473 g/mol. The topological polar surface area (TPSA) is 12.9 Å². The van der Waals surface area contributed by atoms with Crippen LogP contribution in [-0.4, -0.2) is 4.98 Å². The number of halogens is 1. The van der Waals surface area contributed by atoms with Crippen molar-refractivity contribution in [1.29, 1.82) is 0 Å². The highest BCUT2D eigenvalue weighted by Gasteiger charge is 2.42. The Morgan fingerprint density at radius 1 is 0.694 bits per heavy atom. The largest absolute Gasteiger partial charge is 0.256 e. The summed E-state index contributed by atoms with van der Waals surface area (Å²) in [5.41, 5.74) is 7.49. The van der Waals surface area contributed by atoms with Gasteiger partial charge in [-0.25, -0.2) is 4.39 Å². The minimum absolute atomic E-state index is 0.0622. The smallest absolute Gasteiger partial charge is 0.123 e. The second kappa shape index (κ2) is 9.17. The fourth-order valence-corrected chi connectivity index (χ4v) is 6.42. The summed E-state index contributed by atoms with van der Waals surface area (Å²) < 4.78 is 14.0. The standard InChI is InChI=1S/C34H32FN/c1-3-5-17-34(18-6-4-2)31-13-8-7-12-27(31)30-21-23-14-15-28-26(29(23)22-32(30)34)16-19-36-33(28)24-10-9-11-25(35)20-24/h7-16,19-22H,3-6,17-18H2,1-2H3. The molecule has 0 saturated heterocycles. The molecule has 6 rings (SSSR count). The van der Waals surface area contributed by atoms with E-state index in [-0.39, 0.29) is 11.2 Å². The summed E-state index contributed by atoms with van der Waals surface area (Å²) in [7, 11) is 0. The van der Waals surface area contributed by atoms with Crippen LogP contribution in [0.4, 0.5) is 4.39 Å². The first-order valence-electron chi connectivity index (χ1n) is 13.4. The minimum Gasteiger partial charge on any atom is -0.256 e. The average Bonchev–Trinajstić information content (AvgIpc) is 3.18. The van der Waals surface area contributed by atoms with E-state index in [0.717, 1.165) is 16.6 Å². The van der Waals surface area contributed by atoms with E-state index in [1.54, 1.807) is 12.1 Å². The molecule has 0 amide bonds. The summed E-state index contributed by atoms with van der Waals surface area (Å²) in [5, 5.41) is 4.75. The van der Waals surface area contributed by atoms with Gasteiger partial charge in [0, 0.05) is 22.6 Å². The molecule has 0 aliphatic heterocycles. The number of hydrogen-bond acceptors (Lipinski definition) is 1. The fourth-order valence-electron chi connectivity index (χ4n) is 6.42. The van der Waals surface area contributed by atoms with E-state index in [1.807, 2.05) is 12.3 Å². The second-order valence-electron chi connectivity index (χ2n) is 10.3. The highest BCUT2D eigenvalue weighted by atomic mass is 19.1. The first kappa shape index (κ1) is 22.9. The van der Waals surface area contributed by atoms with Gasteiger partial charge in [-0.3, -0.25) is 4.98 Å². The van der Waals surface area contributed by atoms with E-state index in [0.29, 0.717) is 0 Å². The predicted molar refractivity (Wildman–Crippen MR) is 150 cm³/mol. The summed E-state index contributed by atoms with van der Waals surface area (Å²) in [6, 6.07) is 27.2. The van der Waals surface area contributed by atoms with Crippen molar-refractivity contribution in [2.75, 3.05) is 0 Å². The molecule has 1 aliphatic rings. The van der Waals surface area contributed by atoms with Crippen molar-refractivity contribution >= 4 is 21.5 Å². The lowest BCUT2D eigenvalue weighted by atomic mass is 9.70. The van der Waals surface area contributed by atoms with Crippen LogP contribution in [0.2, 0.25) is 0 Å². The fraction of sp³-hybridized carbons (Fsp3) is 0.265. The molecule has 0 saturated carbocycles. The lowest BCUT2D eigenvalue weighted by Gasteiger charge is -2.33. The number of pyridine rings is 1. The summed E-state index contributed by atoms with van der Waals surface area (Å²) >= 11 is 0. The van der Waals surface area contributed by atoms with Crippen molar-refractivity contribution in [1.82, 2.24) is 4.98 Å². The summed E-state index contributed by atoms with van der Waals surface area (Å²) in [5.74, 6) is -0.237. The molecule has 5 aromatic rings. The van der Waals surface area contributed by atoms with Crippen LogP contribution in [-0.2, 0) is 5.41 Å². The molecule has 180 valence electrons. The van der Waals surface area contributed by atoms with Crippen LogP contribution in [0.3, 0.4) is 0 Å². The average molecular weight is 474 g/mol. The maximum atomic E-state index is 14.0. The maximum Gasteiger partial charge on any atom is 0.123 e. The molecule has 0 atom stereocenters. The first-order chi connectivity index (χ1) is 17.7. The maximum absolute atomic E-state index is 14.0. The molecule has 0 fully saturated rings. The van der Waals surface area contributed by atoms with Crippen molar-refractivity contribution in [2.24, 2.45) is 0 Å². The van der Waals surface area contributed by atoms with E-state index in [9.17, 15) is 4.39 Å². The van der Waals surface area contributed by atoms with Crippen LogP contribution >= 0.6 is 0 Å². The number of nitrogens with zero attached hydrogens (tertiary/aromatic N) is 1. The van der Waals surface area contributed by atoms with Gasteiger partial charge in [0.15, 0.2) is 0 Å². The molecule has 0 radical (unpaired) electrons. The lowest BCUT2D eigenvalue weighted by Crippen LogP contribution is -2.25. The third kappa shape index (κ3) is 3.54.